The Labute approximate surface area is 142 Å². The Kier molecular flexibility index (Phi) is 3.60. The maximum atomic E-state index is 13.4. The molecular formula is C19H14F2N2O2. The van der Waals surface area contributed by atoms with Crippen molar-refractivity contribution in [3.63, 3.8) is 0 Å². The van der Waals surface area contributed by atoms with Crippen LogP contribution in [0.4, 0.5) is 14.6 Å². The first kappa shape index (κ1) is 15.5. The number of hydrogen-bond donors (Lipinski definition) is 0. The number of nitrogens with zero attached hydrogens (tertiary/aromatic N) is 2. The van der Waals surface area contributed by atoms with E-state index in [9.17, 15) is 13.6 Å². The quantitative estimate of drug-likeness (QED) is 0.714. The van der Waals surface area contributed by atoms with E-state index in [1.807, 2.05) is 18.2 Å². The van der Waals surface area contributed by atoms with Crippen LogP contribution in [0, 0.1) is 11.6 Å². The molecule has 0 saturated carbocycles. The number of hydrogen-bond acceptors (Lipinski definition) is 3. The monoisotopic (exact) mass is 340 g/mol. The molecule has 25 heavy (non-hydrogen) atoms. The molecule has 0 atom stereocenters. The number of fused-ring (bicyclic) bond motifs is 2. The maximum absolute atomic E-state index is 13.4. The van der Waals surface area contributed by atoms with Gasteiger partial charge in [-0.15, -0.1) is 0 Å². The first-order valence-corrected chi connectivity index (χ1v) is 7.81. The van der Waals surface area contributed by atoms with E-state index in [1.165, 1.54) is 11.0 Å². The zero-order valence-corrected chi connectivity index (χ0v) is 13.4. The van der Waals surface area contributed by atoms with E-state index in [0.717, 1.165) is 34.3 Å². The highest BCUT2D eigenvalue weighted by molar-refractivity contribution is 6.07. The minimum atomic E-state index is -1.04. The fourth-order valence-corrected chi connectivity index (χ4v) is 3.05. The summed E-state index contributed by atoms with van der Waals surface area (Å²) in [5, 5.41) is 0.931. The van der Waals surface area contributed by atoms with Crippen LogP contribution in [-0.2, 0) is 6.42 Å². The summed E-state index contributed by atoms with van der Waals surface area (Å²) in [4.78, 5) is 18.8. The fourth-order valence-electron chi connectivity index (χ4n) is 3.05. The van der Waals surface area contributed by atoms with Crippen molar-refractivity contribution in [2.75, 3.05) is 18.6 Å². The number of anilines is 1. The number of amides is 1. The van der Waals surface area contributed by atoms with Gasteiger partial charge in [0.15, 0.2) is 11.6 Å². The SMILES string of the molecule is COc1ccc2nc3c(cc2c1)CCN3C(=O)c1ccc(F)c(F)c1. The summed E-state index contributed by atoms with van der Waals surface area (Å²) in [5.74, 6) is -1.10. The Morgan fingerprint density at radius 2 is 1.96 bits per heavy atom. The van der Waals surface area contributed by atoms with Crippen molar-refractivity contribution in [3.05, 3.63) is 65.2 Å². The fraction of sp³-hybridized carbons (Fsp3) is 0.158. The number of halogens is 2. The Morgan fingerprint density at radius 1 is 1.12 bits per heavy atom. The summed E-state index contributed by atoms with van der Waals surface area (Å²) in [6, 6.07) is 10.7. The molecule has 6 heteroatoms. The van der Waals surface area contributed by atoms with Crippen molar-refractivity contribution < 1.29 is 18.3 Å². The first-order valence-electron chi connectivity index (χ1n) is 7.81. The number of carbonyl (C=O) groups is 1. The molecule has 0 spiro atoms. The van der Waals surface area contributed by atoms with Gasteiger partial charge in [0, 0.05) is 17.5 Å². The summed E-state index contributed by atoms with van der Waals surface area (Å²) in [5.41, 5.74) is 1.78. The third-order valence-corrected chi connectivity index (χ3v) is 4.35. The van der Waals surface area contributed by atoms with Crippen LogP contribution in [-0.4, -0.2) is 24.5 Å². The molecule has 0 fully saturated rings. The lowest BCUT2D eigenvalue weighted by Crippen LogP contribution is -2.29. The lowest BCUT2D eigenvalue weighted by Gasteiger charge is -2.17. The zero-order chi connectivity index (χ0) is 17.6. The highest BCUT2D eigenvalue weighted by Crippen LogP contribution is 2.32. The van der Waals surface area contributed by atoms with Gasteiger partial charge < -0.3 is 4.74 Å². The van der Waals surface area contributed by atoms with E-state index >= 15 is 0 Å². The molecule has 1 aliphatic heterocycles. The Morgan fingerprint density at radius 3 is 2.72 bits per heavy atom. The van der Waals surface area contributed by atoms with E-state index in [4.69, 9.17) is 4.74 Å². The molecule has 1 aliphatic rings. The van der Waals surface area contributed by atoms with Gasteiger partial charge in [0.1, 0.15) is 11.6 Å². The number of rotatable bonds is 2. The van der Waals surface area contributed by atoms with Crippen molar-refractivity contribution in [1.82, 2.24) is 4.98 Å². The van der Waals surface area contributed by atoms with Gasteiger partial charge >= 0.3 is 0 Å². The molecule has 2 heterocycles. The smallest absolute Gasteiger partial charge is 0.259 e. The molecule has 126 valence electrons. The lowest BCUT2D eigenvalue weighted by atomic mass is 10.1. The second kappa shape index (κ2) is 5.81. The summed E-state index contributed by atoms with van der Waals surface area (Å²) < 4.78 is 31.7. The number of benzene rings is 2. The van der Waals surface area contributed by atoms with E-state index < -0.39 is 17.5 Å². The molecule has 4 rings (SSSR count). The number of methoxy groups -OCH3 is 1. The van der Waals surface area contributed by atoms with Crippen molar-refractivity contribution in [2.45, 2.75) is 6.42 Å². The summed E-state index contributed by atoms with van der Waals surface area (Å²) >= 11 is 0. The van der Waals surface area contributed by atoms with Gasteiger partial charge in [0.2, 0.25) is 0 Å². The Bertz CT molecular complexity index is 1000. The number of aromatic nitrogens is 1. The lowest BCUT2D eigenvalue weighted by molar-refractivity contribution is 0.0988. The van der Waals surface area contributed by atoms with Gasteiger partial charge in [-0.3, -0.25) is 9.69 Å². The standard InChI is InChI=1S/C19H14F2N2O2/c1-25-14-3-5-17-13(9-14)8-11-6-7-23(18(11)22-17)19(24)12-2-4-15(20)16(21)10-12/h2-5,8-10H,6-7H2,1H3. The van der Waals surface area contributed by atoms with Gasteiger partial charge in [-0.05, 0) is 54.4 Å². The van der Waals surface area contributed by atoms with Gasteiger partial charge in [-0.1, -0.05) is 0 Å². The molecule has 1 aromatic heterocycles. The second-order valence-corrected chi connectivity index (χ2v) is 5.87. The summed E-state index contributed by atoms with van der Waals surface area (Å²) in [6.07, 6.45) is 0.658. The van der Waals surface area contributed by atoms with Gasteiger partial charge in [-0.2, -0.15) is 0 Å². The third kappa shape index (κ3) is 2.59. The molecule has 2 aromatic carbocycles. The predicted molar refractivity (Wildman–Crippen MR) is 90.0 cm³/mol. The van der Waals surface area contributed by atoms with Crippen LogP contribution in [0.2, 0.25) is 0 Å². The minimum Gasteiger partial charge on any atom is -0.497 e. The number of pyridine rings is 1. The molecule has 0 radical (unpaired) electrons. The molecule has 4 nitrogen and oxygen atoms in total. The van der Waals surface area contributed by atoms with E-state index in [2.05, 4.69) is 4.98 Å². The average molecular weight is 340 g/mol. The van der Waals surface area contributed by atoms with Gasteiger partial charge in [-0.25, -0.2) is 13.8 Å². The second-order valence-electron chi connectivity index (χ2n) is 5.87. The number of ether oxygens (including phenoxy) is 1. The largest absolute Gasteiger partial charge is 0.497 e. The van der Waals surface area contributed by atoms with E-state index in [1.54, 1.807) is 13.2 Å². The number of carbonyl (C=O) groups excluding carboxylic acids is 1. The molecule has 0 N–H and O–H groups in total. The molecule has 0 bridgehead atoms. The van der Waals surface area contributed by atoms with Crippen molar-refractivity contribution >= 4 is 22.6 Å². The van der Waals surface area contributed by atoms with Crippen LogP contribution in [0.15, 0.2) is 42.5 Å². The van der Waals surface area contributed by atoms with Crippen LogP contribution in [0.5, 0.6) is 5.75 Å². The highest BCUT2D eigenvalue weighted by Gasteiger charge is 2.28. The highest BCUT2D eigenvalue weighted by atomic mass is 19.2. The van der Waals surface area contributed by atoms with Crippen molar-refractivity contribution in [3.8, 4) is 5.75 Å². The maximum Gasteiger partial charge on any atom is 0.259 e. The van der Waals surface area contributed by atoms with E-state index in [0.29, 0.717) is 18.8 Å². The topological polar surface area (TPSA) is 42.4 Å². The van der Waals surface area contributed by atoms with Crippen molar-refractivity contribution in [2.24, 2.45) is 0 Å². The Balaban J connectivity index is 1.74. The van der Waals surface area contributed by atoms with Crippen LogP contribution >= 0.6 is 0 Å². The molecule has 1 amide bonds. The summed E-state index contributed by atoms with van der Waals surface area (Å²) in [7, 11) is 1.60. The van der Waals surface area contributed by atoms with Gasteiger partial charge in [0.05, 0.1) is 12.6 Å². The minimum absolute atomic E-state index is 0.100. The normalized spacial score (nSPS) is 13.2. The van der Waals surface area contributed by atoms with Crippen LogP contribution in [0.3, 0.4) is 0 Å². The molecule has 0 aliphatic carbocycles. The van der Waals surface area contributed by atoms with Crippen LogP contribution in [0.1, 0.15) is 15.9 Å². The first-order chi connectivity index (χ1) is 12.1. The van der Waals surface area contributed by atoms with Crippen LogP contribution < -0.4 is 9.64 Å². The third-order valence-electron chi connectivity index (χ3n) is 4.35. The van der Waals surface area contributed by atoms with Gasteiger partial charge in [0.25, 0.3) is 5.91 Å². The summed E-state index contributed by atoms with van der Waals surface area (Å²) in [6.45, 7) is 0.452. The van der Waals surface area contributed by atoms with E-state index in [-0.39, 0.29) is 5.56 Å². The zero-order valence-electron chi connectivity index (χ0n) is 13.4. The average Bonchev–Trinajstić information content (AvgIpc) is 3.03. The molecular weight excluding hydrogens is 326 g/mol. The molecule has 0 saturated heterocycles. The predicted octanol–water partition coefficient (Wildman–Crippen LogP) is 3.72. The molecule has 0 unspecified atom stereocenters. The molecule has 3 aromatic rings. The van der Waals surface area contributed by atoms with Crippen LogP contribution in [0.25, 0.3) is 10.9 Å². The van der Waals surface area contributed by atoms with Crippen molar-refractivity contribution in [1.29, 1.82) is 0 Å². The Hall–Kier alpha value is -3.02.